The summed E-state index contributed by atoms with van der Waals surface area (Å²) in [4.78, 5) is 25.5. The van der Waals surface area contributed by atoms with Crippen molar-refractivity contribution >= 4 is 50.9 Å². The average molecular weight is 486 g/mol. The summed E-state index contributed by atoms with van der Waals surface area (Å²) in [6.07, 6.45) is 0.0255. The molecule has 2 aromatic carbocycles. The minimum Gasteiger partial charge on any atom is -0.465 e. The summed E-state index contributed by atoms with van der Waals surface area (Å²) < 4.78 is 6.01. The van der Waals surface area contributed by atoms with Gasteiger partial charge in [0.1, 0.15) is 5.92 Å². The Hall–Kier alpha value is -1.40. The number of benzene rings is 2. The van der Waals surface area contributed by atoms with Crippen molar-refractivity contribution in [1.82, 2.24) is 0 Å². The van der Waals surface area contributed by atoms with E-state index in [1.54, 1.807) is 37.3 Å². The zero-order chi connectivity index (χ0) is 20.5. The van der Waals surface area contributed by atoms with Gasteiger partial charge in [-0.25, -0.2) is 0 Å². The van der Waals surface area contributed by atoms with E-state index >= 15 is 0 Å². The molecule has 0 amide bonds. The molecule has 7 heteroatoms. The first-order valence-electron chi connectivity index (χ1n) is 8.88. The van der Waals surface area contributed by atoms with Crippen molar-refractivity contribution in [3.8, 4) is 0 Å². The monoisotopic (exact) mass is 484 g/mol. The molecule has 1 aliphatic carbocycles. The Morgan fingerprint density at radius 2 is 1.89 bits per heavy atom. The van der Waals surface area contributed by atoms with Gasteiger partial charge in [-0.2, -0.15) is 0 Å². The topological polar surface area (TPSA) is 63.6 Å². The summed E-state index contributed by atoms with van der Waals surface area (Å²) in [5.74, 6) is -2.51. The van der Waals surface area contributed by atoms with E-state index in [9.17, 15) is 14.7 Å². The lowest BCUT2D eigenvalue weighted by atomic mass is 9.66. The van der Waals surface area contributed by atoms with Crippen molar-refractivity contribution in [2.24, 2.45) is 5.92 Å². The van der Waals surface area contributed by atoms with Crippen molar-refractivity contribution < 1.29 is 19.4 Å². The van der Waals surface area contributed by atoms with Crippen LogP contribution in [0, 0.1) is 5.92 Å². The SMILES string of the molecule is CCOC(=O)C1C(=O)CC(O)(c2ccc(Br)cc2)CC1c1ccc(Cl)c(Cl)c1. The zero-order valence-electron chi connectivity index (χ0n) is 15.1. The normalized spacial score (nSPS) is 24.8. The number of hydrogen-bond acceptors (Lipinski definition) is 4. The maximum atomic E-state index is 13.0. The van der Waals surface area contributed by atoms with Gasteiger partial charge in [-0.1, -0.05) is 57.3 Å². The molecule has 28 heavy (non-hydrogen) atoms. The Balaban J connectivity index is 2.05. The highest BCUT2D eigenvalue weighted by atomic mass is 79.9. The van der Waals surface area contributed by atoms with Crippen molar-refractivity contribution in [2.75, 3.05) is 6.61 Å². The van der Waals surface area contributed by atoms with Crippen LogP contribution in [0.1, 0.15) is 36.8 Å². The van der Waals surface area contributed by atoms with E-state index in [1.165, 1.54) is 0 Å². The number of ether oxygens (including phenoxy) is 1. The van der Waals surface area contributed by atoms with Crippen LogP contribution in [-0.4, -0.2) is 23.5 Å². The summed E-state index contributed by atoms with van der Waals surface area (Å²) >= 11 is 15.6. The second kappa shape index (κ2) is 8.54. The predicted molar refractivity (Wildman–Crippen MR) is 112 cm³/mol. The van der Waals surface area contributed by atoms with Gasteiger partial charge in [0.15, 0.2) is 5.78 Å². The van der Waals surface area contributed by atoms with Gasteiger partial charge in [0.05, 0.1) is 22.3 Å². The fourth-order valence-electron chi connectivity index (χ4n) is 3.74. The lowest BCUT2D eigenvalue weighted by Gasteiger charge is -2.40. The van der Waals surface area contributed by atoms with Gasteiger partial charge in [-0.05, 0) is 48.7 Å². The minimum atomic E-state index is -1.39. The fraction of sp³-hybridized carbons (Fsp3) is 0.333. The van der Waals surface area contributed by atoms with E-state index in [2.05, 4.69) is 15.9 Å². The third-order valence-corrected chi connectivity index (χ3v) is 6.34. The number of Topliss-reactive ketones (excluding diaryl/α,β-unsaturated/α-hetero) is 1. The molecular weight excluding hydrogens is 467 g/mol. The molecule has 1 aliphatic rings. The summed E-state index contributed by atoms with van der Waals surface area (Å²) in [5, 5.41) is 12.0. The molecule has 3 rings (SSSR count). The Labute approximate surface area is 181 Å². The Kier molecular flexibility index (Phi) is 6.50. The smallest absolute Gasteiger partial charge is 0.317 e. The molecule has 2 aromatic rings. The number of aliphatic hydroxyl groups is 1. The number of ketones is 1. The van der Waals surface area contributed by atoms with Crippen LogP contribution in [0.2, 0.25) is 10.0 Å². The van der Waals surface area contributed by atoms with E-state index < -0.39 is 23.4 Å². The first-order valence-corrected chi connectivity index (χ1v) is 10.4. The van der Waals surface area contributed by atoms with Crippen LogP contribution in [0.3, 0.4) is 0 Å². The van der Waals surface area contributed by atoms with Crippen molar-refractivity contribution in [2.45, 2.75) is 31.3 Å². The number of hydrogen-bond donors (Lipinski definition) is 1. The summed E-state index contributed by atoms with van der Waals surface area (Å²) in [6, 6.07) is 12.2. The quantitative estimate of drug-likeness (QED) is 0.473. The Bertz CT molecular complexity index is 900. The van der Waals surface area contributed by atoms with Crippen LogP contribution in [0.5, 0.6) is 0 Å². The number of halogens is 3. The van der Waals surface area contributed by atoms with Crippen LogP contribution in [0.4, 0.5) is 0 Å². The molecule has 0 radical (unpaired) electrons. The number of esters is 1. The molecule has 0 aromatic heterocycles. The fourth-order valence-corrected chi connectivity index (χ4v) is 4.31. The highest BCUT2D eigenvalue weighted by Gasteiger charge is 2.49. The maximum Gasteiger partial charge on any atom is 0.317 e. The largest absolute Gasteiger partial charge is 0.465 e. The van der Waals surface area contributed by atoms with Gasteiger partial charge in [0.25, 0.3) is 0 Å². The first kappa shape index (κ1) is 21.3. The maximum absolute atomic E-state index is 13.0. The number of carbonyl (C=O) groups excluding carboxylic acids is 2. The molecule has 148 valence electrons. The van der Waals surface area contributed by atoms with Gasteiger partial charge in [-0.15, -0.1) is 0 Å². The van der Waals surface area contributed by atoms with Crippen LogP contribution in [-0.2, 0) is 19.9 Å². The molecule has 0 saturated heterocycles. The molecule has 0 spiro atoms. The van der Waals surface area contributed by atoms with E-state index in [1.807, 2.05) is 12.1 Å². The molecular formula is C21H19BrCl2O4. The zero-order valence-corrected chi connectivity index (χ0v) is 18.2. The highest BCUT2D eigenvalue weighted by molar-refractivity contribution is 9.10. The van der Waals surface area contributed by atoms with Crippen molar-refractivity contribution in [1.29, 1.82) is 0 Å². The first-order chi connectivity index (χ1) is 13.2. The van der Waals surface area contributed by atoms with Crippen LogP contribution in [0.15, 0.2) is 46.9 Å². The number of carbonyl (C=O) groups is 2. The van der Waals surface area contributed by atoms with E-state index in [0.717, 1.165) is 4.47 Å². The highest BCUT2D eigenvalue weighted by Crippen LogP contribution is 2.47. The molecule has 0 bridgehead atoms. The van der Waals surface area contributed by atoms with E-state index in [-0.39, 0.29) is 25.2 Å². The van der Waals surface area contributed by atoms with Crippen LogP contribution >= 0.6 is 39.1 Å². The Morgan fingerprint density at radius 1 is 1.21 bits per heavy atom. The van der Waals surface area contributed by atoms with Crippen molar-refractivity contribution in [3.05, 3.63) is 68.1 Å². The van der Waals surface area contributed by atoms with Gasteiger partial charge < -0.3 is 9.84 Å². The predicted octanol–water partition coefficient (Wildman–Crippen LogP) is 5.27. The molecule has 1 N–H and O–H groups in total. The van der Waals surface area contributed by atoms with Crippen LogP contribution < -0.4 is 0 Å². The van der Waals surface area contributed by atoms with E-state index in [0.29, 0.717) is 21.2 Å². The summed E-state index contributed by atoms with van der Waals surface area (Å²) in [6.45, 7) is 1.87. The third-order valence-electron chi connectivity index (χ3n) is 5.07. The number of rotatable bonds is 4. The molecule has 4 nitrogen and oxygen atoms in total. The molecule has 3 unspecified atom stereocenters. The van der Waals surface area contributed by atoms with Crippen LogP contribution in [0.25, 0.3) is 0 Å². The Morgan fingerprint density at radius 3 is 2.50 bits per heavy atom. The average Bonchev–Trinajstić information content (AvgIpc) is 2.64. The minimum absolute atomic E-state index is 0.157. The lowest BCUT2D eigenvalue weighted by Crippen LogP contribution is -2.45. The summed E-state index contributed by atoms with van der Waals surface area (Å²) in [7, 11) is 0. The second-order valence-electron chi connectivity index (χ2n) is 6.90. The second-order valence-corrected chi connectivity index (χ2v) is 8.63. The molecule has 3 atom stereocenters. The van der Waals surface area contributed by atoms with Gasteiger partial charge in [-0.3, -0.25) is 9.59 Å². The van der Waals surface area contributed by atoms with E-state index in [4.69, 9.17) is 27.9 Å². The molecule has 0 heterocycles. The van der Waals surface area contributed by atoms with Gasteiger partial charge in [0.2, 0.25) is 0 Å². The molecule has 0 aliphatic heterocycles. The standard InChI is InChI=1S/C21H19BrCl2O4/c1-2-28-20(26)19-15(12-3-8-16(23)17(24)9-12)10-21(27,11-18(19)25)13-4-6-14(22)7-5-13/h3-9,15,19,27H,2,10-11H2,1H3. The lowest BCUT2D eigenvalue weighted by molar-refractivity contribution is -0.158. The van der Waals surface area contributed by atoms with Gasteiger partial charge in [0, 0.05) is 16.8 Å². The summed E-state index contributed by atoms with van der Waals surface area (Å²) in [5.41, 5.74) is -0.107. The van der Waals surface area contributed by atoms with Gasteiger partial charge >= 0.3 is 5.97 Å². The third kappa shape index (κ3) is 4.28. The molecule has 1 fully saturated rings. The molecule has 1 saturated carbocycles. The van der Waals surface area contributed by atoms with Crippen molar-refractivity contribution in [3.63, 3.8) is 0 Å².